The predicted octanol–water partition coefficient (Wildman–Crippen LogP) is -0.327. The number of halogens is 1. The zero-order valence-electron chi connectivity index (χ0n) is 9.53. The van der Waals surface area contributed by atoms with E-state index in [2.05, 4.69) is 34.6 Å². The molecule has 0 saturated heterocycles. The summed E-state index contributed by atoms with van der Waals surface area (Å²) in [5.74, 6) is 0. The van der Waals surface area contributed by atoms with Crippen molar-refractivity contribution >= 4 is 0 Å². The minimum absolute atomic E-state index is 0. The summed E-state index contributed by atoms with van der Waals surface area (Å²) in [5.41, 5.74) is 5.27. The molecule has 0 atom stereocenters. The summed E-state index contributed by atoms with van der Waals surface area (Å²) in [6, 6.07) is 0. The van der Waals surface area contributed by atoms with Crippen molar-refractivity contribution in [1.29, 1.82) is 0 Å². The largest absolute Gasteiger partial charge is 1.00 e. The first kappa shape index (κ1) is 16.9. The van der Waals surface area contributed by atoms with E-state index in [9.17, 15) is 5.11 Å². The zero-order valence-corrected chi connectivity index (χ0v) is 11.8. The van der Waals surface area contributed by atoms with E-state index in [1.807, 2.05) is 0 Å². The third-order valence-corrected chi connectivity index (χ3v) is 3.43. The predicted molar refractivity (Wildman–Crippen MR) is 51.9 cm³/mol. The first-order valence-corrected chi connectivity index (χ1v) is 4.42. The molecule has 1 rings (SSSR count). The van der Waals surface area contributed by atoms with Gasteiger partial charge in [-0.25, -0.2) is 0 Å². The Bertz CT molecular complexity index is 277. The van der Waals surface area contributed by atoms with Gasteiger partial charge in [0.05, 0.1) is 6.61 Å². The van der Waals surface area contributed by atoms with E-state index in [1.54, 1.807) is 0 Å². The summed E-state index contributed by atoms with van der Waals surface area (Å²) >= 11 is 0. The van der Waals surface area contributed by atoms with Gasteiger partial charge >= 0.3 is 0 Å². The molecule has 14 heavy (non-hydrogen) atoms. The Balaban J connectivity index is 0. The van der Waals surface area contributed by atoms with Gasteiger partial charge in [-0.05, 0) is 37.5 Å². The fourth-order valence-corrected chi connectivity index (χ4v) is 1.99. The Morgan fingerprint density at radius 3 is 1.64 bits per heavy atom. The average Bonchev–Trinajstić information content (AvgIpc) is 2.13. The van der Waals surface area contributed by atoms with Gasteiger partial charge in [-0.2, -0.15) is 0 Å². The molecular weight excluding hydrogens is 231 g/mol. The Hall–Kier alpha value is 0.444. The molecule has 0 aliphatic heterocycles. The molecule has 1 N–H and O–H groups in total. The number of hydrogen-bond acceptors (Lipinski definition) is 1. The van der Waals surface area contributed by atoms with E-state index in [0.29, 0.717) is 0 Å². The summed E-state index contributed by atoms with van der Waals surface area (Å²) in [5, 5.41) is 9.22. The van der Waals surface area contributed by atoms with Crippen molar-refractivity contribution in [3.63, 3.8) is 0 Å². The monoisotopic (exact) mass is 249 g/mol. The summed E-state index contributed by atoms with van der Waals surface area (Å²) in [7, 11) is 0. The second-order valence-corrected chi connectivity index (χ2v) is 4.14. The molecule has 0 saturated carbocycles. The van der Waals surface area contributed by atoms with Crippen LogP contribution >= 0.6 is 0 Å². The fourth-order valence-electron chi connectivity index (χ4n) is 1.99. The van der Waals surface area contributed by atoms with Gasteiger partial charge in [-0.3, -0.25) is 0 Å². The quantitative estimate of drug-likeness (QED) is 0.631. The van der Waals surface area contributed by atoms with Crippen molar-refractivity contribution in [2.24, 2.45) is 5.41 Å². The zero-order chi connectivity index (χ0) is 9.52. The number of allylic oxidation sites excluding steroid dienone is 3. The molecule has 0 heterocycles. The Morgan fingerprint density at radius 1 is 1.07 bits per heavy atom. The summed E-state index contributed by atoms with van der Waals surface area (Å²) in [6.45, 7) is 10.9. The first-order chi connectivity index (χ1) is 5.42. The number of rotatable bonds is 1. The van der Waals surface area contributed by atoms with Crippen molar-refractivity contribution < 1.29 is 39.2 Å². The molecule has 0 aromatic rings. The minimum atomic E-state index is 0. The minimum Gasteiger partial charge on any atom is -1.00 e. The number of aliphatic hydroxyl groups excluding tert-OH is 1. The second kappa shape index (κ2) is 5.51. The molecule has 0 fully saturated rings. The number of hydrogen-bond donors (Lipinski definition) is 1. The van der Waals surface area contributed by atoms with E-state index < -0.39 is 0 Å². The maximum absolute atomic E-state index is 9.22. The third kappa shape index (κ3) is 2.33. The van der Waals surface area contributed by atoms with Crippen LogP contribution in [0.4, 0.5) is 0 Å². The molecule has 0 aromatic heterocycles. The molecule has 0 spiro atoms. The maximum Gasteiger partial charge on any atom is 0.0655 e. The first-order valence-electron chi connectivity index (χ1n) is 4.42. The molecule has 1 nitrogen and oxygen atoms in total. The van der Waals surface area contributed by atoms with E-state index in [4.69, 9.17) is 0 Å². The normalized spacial score (nSPS) is 19.3. The molecule has 0 bridgehead atoms. The van der Waals surface area contributed by atoms with Gasteiger partial charge in [0.15, 0.2) is 0 Å². The SMILES string of the molecule is CC1=C(C)C(C)(C)C(CO)=C1C.[Cl-].[Ti]. The third-order valence-electron chi connectivity index (χ3n) is 3.43. The molecule has 0 radical (unpaired) electrons. The number of aliphatic hydroxyl groups is 1. The Kier molecular flexibility index (Phi) is 6.63. The molecule has 1 aliphatic carbocycles. The van der Waals surface area contributed by atoms with Crippen molar-refractivity contribution in [1.82, 2.24) is 0 Å². The van der Waals surface area contributed by atoms with E-state index in [1.165, 1.54) is 22.3 Å². The van der Waals surface area contributed by atoms with Gasteiger partial charge < -0.3 is 17.5 Å². The fraction of sp³-hybridized carbons (Fsp3) is 0.636. The summed E-state index contributed by atoms with van der Waals surface area (Å²) in [6.07, 6.45) is 0. The van der Waals surface area contributed by atoms with Gasteiger partial charge in [-0.1, -0.05) is 19.4 Å². The molecule has 1 aliphatic rings. The van der Waals surface area contributed by atoms with Crippen LogP contribution in [0, 0.1) is 5.41 Å². The molecule has 0 unspecified atom stereocenters. The van der Waals surface area contributed by atoms with Gasteiger partial charge in [0.2, 0.25) is 0 Å². The average molecular weight is 250 g/mol. The molecule has 80 valence electrons. The molecule has 0 aromatic carbocycles. The van der Waals surface area contributed by atoms with Gasteiger partial charge in [0.25, 0.3) is 0 Å². The standard InChI is InChI=1S/C11H18O.ClH.Ti/c1-7-8(2)10(6-12)11(4,5)9(7)3;;/h12H,6H2,1-5H3;1H;/p-1. The van der Waals surface area contributed by atoms with Crippen LogP contribution in [0.15, 0.2) is 22.3 Å². The summed E-state index contributed by atoms with van der Waals surface area (Å²) in [4.78, 5) is 0. The van der Waals surface area contributed by atoms with E-state index in [-0.39, 0.29) is 46.1 Å². The van der Waals surface area contributed by atoms with Gasteiger partial charge in [-0.15, -0.1) is 0 Å². The molecule has 3 heteroatoms. The van der Waals surface area contributed by atoms with Gasteiger partial charge in [0, 0.05) is 27.1 Å². The van der Waals surface area contributed by atoms with Crippen LogP contribution in [0.5, 0.6) is 0 Å². The van der Waals surface area contributed by atoms with Crippen molar-refractivity contribution in [2.45, 2.75) is 34.6 Å². The Morgan fingerprint density at radius 2 is 1.50 bits per heavy atom. The van der Waals surface area contributed by atoms with E-state index in [0.717, 1.165) is 0 Å². The Labute approximate surface area is 108 Å². The smallest absolute Gasteiger partial charge is 0.0655 e. The van der Waals surface area contributed by atoms with Crippen LogP contribution in [0.25, 0.3) is 0 Å². The van der Waals surface area contributed by atoms with Crippen LogP contribution in [0.3, 0.4) is 0 Å². The van der Waals surface area contributed by atoms with Crippen molar-refractivity contribution in [3.8, 4) is 0 Å². The van der Waals surface area contributed by atoms with Crippen molar-refractivity contribution in [3.05, 3.63) is 22.3 Å². The van der Waals surface area contributed by atoms with E-state index >= 15 is 0 Å². The maximum atomic E-state index is 9.22. The van der Waals surface area contributed by atoms with Crippen LogP contribution in [0.1, 0.15) is 34.6 Å². The second-order valence-electron chi connectivity index (χ2n) is 4.14. The van der Waals surface area contributed by atoms with Crippen LogP contribution in [-0.2, 0) is 21.7 Å². The summed E-state index contributed by atoms with van der Waals surface area (Å²) < 4.78 is 0. The van der Waals surface area contributed by atoms with Crippen molar-refractivity contribution in [2.75, 3.05) is 6.61 Å². The van der Waals surface area contributed by atoms with Crippen LogP contribution < -0.4 is 12.4 Å². The van der Waals surface area contributed by atoms with Gasteiger partial charge in [0.1, 0.15) is 0 Å². The molecule has 0 amide bonds. The molecular formula is C11H18ClOTi-. The van der Waals surface area contributed by atoms with Crippen LogP contribution in [-0.4, -0.2) is 11.7 Å². The van der Waals surface area contributed by atoms with Crippen LogP contribution in [0.2, 0.25) is 0 Å². The topological polar surface area (TPSA) is 20.2 Å².